The Hall–Kier alpha value is -1.46. The summed E-state index contributed by atoms with van der Waals surface area (Å²) in [5.74, 6) is -0.234. The number of aryl methyl sites for hydroxylation is 1. The Bertz CT molecular complexity index is 570. The monoisotopic (exact) mass is 291 g/mol. The van der Waals surface area contributed by atoms with E-state index in [1.165, 1.54) is 17.8 Å². The van der Waals surface area contributed by atoms with Gasteiger partial charge in [-0.1, -0.05) is 26.0 Å². The summed E-state index contributed by atoms with van der Waals surface area (Å²) in [4.78, 5) is 9.02. The molecule has 0 radical (unpaired) electrons. The van der Waals surface area contributed by atoms with Gasteiger partial charge in [0.15, 0.2) is 5.16 Å². The van der Waals surface area contributed by atoms with Crippen LogP contribution in [0.15, 0.2) is 40.6 Å². The fourth-order valence-electron chi connectivity index (χ4n) is 1.65. The van der Waals surface area contributed by atoms with Crippen molar-refractivity contribution < 1.29 is 4.39 Å². The molecule has 20 heavy (non-hydrogen) atoms. The van der Waals surface area contributed by atoms with E-state index in [1.54, 1.807) is 18.5 Å². The normalized spacial score (nSPS) is 11.1. The lowest BCUT2D eigenvalue weighted by Gasteiger charge is -2.12. The third kappa shape index (κ3) is 4.02. The number of nitrogens with one attached hydrogen (secondary N) is 1. The van der Waals surface area contributed by atoms with E-state index in [4.69, 9.17) is 0 Å². The number of nitrogens with zero attached hydrogens (tertiary/aromatic N) is 2. The molecule has 1 aromatic carbocycles. The standard InChI is InChI=1S/C15H18FN3S/c1-10(2)17-9-12-5-4-6-13(16)14(12)20-15-18-7-11(3)8-19-15/h4-8,10,17H,9H2,1-3H3. The number of halogens is 1. The van der Waals surface area contributed by atoms with Crippen molar-refractivity contribution >= 4 is 11.8 Å². The third-order valence-corrected chi connectivity index (χ3v) is 3.75. The minimum absolute atomic E-state index is 0.234. The summed E-state index contributed by atoms with van der Waals surface area (Å²) in [6, 6.07) is 5.48. The zero-order valence-corrected chi connectivity index (χ0v) is 12.7. The van der Waals surface area contributed by atoms with E-state index in [2.05, 4.69) is 29.1 Å². The van der Waals surface area contributed by atoms with Crippen LogP contribution in [-0.4, -0.2) is 16.0 Å². The molecule has 3 nitrogen and oxygen atoms in total. The Morgan fingerprint density at radius 3 is 2.60 bits per heavy atom. The molecule has 5 heteroatoms. The third-order valence-electron chi connectivity index (χ3n) is 2.70. The van der Waals surface area contributed by atoms with E-state index < -0.39 is 0 Å². The fraction of sp³-hybridized carbons (Fsp3) is 0.333. The lowest BCUT2D eigenvalue weighted by Crippen LogP contribution is -2.22. The van der Waals surface area contributed by atoms with Crippen LogP contribution in [0.3, 0.4) is 0 Å². The van der Waals surface area contributed by atoms with Gasteiger partial charge in [0.25, 0.3) is 0 Å². The maximum absolute atomic E-state index is 14.0. The Morgan fingerprint density at radius 2 is 1.95 bits per heavy atom. The Kier molecular flexibility index (Phi) is 5.09. The molecule has 106 valence electrons. The van der Waals surface area contributed by atoms with Gasteiger partial charge in [0.05, 0.1) is 4.90 Å². The van der Waals surface area contributed by atoms with Crippen LogP contribution < -0.4 is 5.32 Å². The van der Waals surface area contributed by atoms with Gasteiger partial charge in [-0.05, 0) is 35.9 Å². The minimum atomic E-state index is -0.234. The summed E-state index contributed by atoms with van der Waals surface area (Å²) in [5, 5.41) is 3.87. The van der Waals surface area contributed by atoms with Crippen molar-refractivity contribution in [3.05, 3.63) is 47.5 Å². The topological polar surface area (TPSA) is 37.8 Å². The predicted octanol–water partition coefficient (Wildman–Crippen LogP) is 3.57. The SMILES string of the molecule is Cc1cnc(Sc2c(F)cccc2CNC(C)C)nc1. The smallest absolute Gasteiger partial charge is 0.192 e. The molecule has 0 spiro atoms. The highest BCUT2D eigenvalue weighted by Crippen LogP contribution is 2.30. The van der Waals surface area contributed by atoms with Crippen LogP contribution in [0.5, 0.6) is 0 Å². The average molecular weight is 291 g/mol. The zero-order valence-electron chi connectivity index (χ0n) is 11.9. The summed E-state index contributed by atoms with van der Waals surface area (Å²) < 4.78 is 14.0. The summed E-state index contributed by atoms with van der Waals surface area (Å²) in [7, 11) is 0. The molecule has 0 amide bonds. The second kappa shape index (κ2) is 6.81. The van der Waals surface area contributed by atoms with Crippen LogP contribution in [0, 0.1) is 12.7 Å². The first-order valence-electron chi connectivity index (χ1n) is 6.53. The molecule has 0 aliphatic rings. The summed E-state index contributed by atoms with van der Waals surface area (Å²) in [5.41, 5.74) is 1.91. The first-order valence-corrected chi connectivity index (χ1v) is 7.35. The molecular weight excluding hydrogens is 273 g/mol. The molecule has 0 unspecified atom stereocenters. The molecule has 2 aromatic rings. The first kappa shape index (κ1) is 14.9. The lowest BCUT2D eigenvalue weighted by atomic mass is 10.2. The van der Waals surface area contributed by atoms with Crippen molar-refractivity contribution in [1.82, 2.24) is 15.3 Å². The van der Waals surface area contributed by atoms with Crippen LogP contribution in [0.2, 0.25) is 0 Å². The van der Waals surface area contributed by atoms with Gasteiger partial charge in [-0.2, -0.15) is 0 Å². The number of rotatable bonds is 5. The second-order valence-electron chi connectivity index (χ2n) is 4.91. The molecule has 0 aliphatic carbocycles. The van der Waals surface area contributed by atoms with Gasteiger partial charge in [0, 0.05) is 25.0 Å². The molecule has 1 heterocycles. The van der Waals surface area contributed by atoms with Crippen LogP contribution >= 0.6 is 11.8 Å². The fourth-order valence-corrected chi connectivity index (χ4v) is 2.48. The summed E-state index contributed by atoms with van der Waals surface area (Å²) >= 11 is 1.26. The van der Waals surface area contributed by atoms with E-state index in [1.807, 2.05) is 13.0 Å². The van der Waals surface area contributed by atoms with E-state index >= 15 is 0 Å². The van der Waals surface area contributed by atoms with E-state index in [9.17, 15) is 4.39 Å². The van der Waals surface area contributed by atoms with Crippen molar-refractivity contribution in [3.8, 4) is 0 Å². The largest absolute Gasteiger partial charge is 0.310 e. The first-order chi connectivity index (χ1) is 9.56. The van der Waals surface area contributed by atoms with Crippen LogP contribution in [0.4, 0.5) is 4.39 Å². The Labute approximate surface area is 123 Å². The van der Waals surface area contributed by atoms with Gasteiger partial charge in [-0.25, -0.2) is 14.4 Å². The van der Waals surface area contributed by atoms with Gasteiger partial charge in [0.1, 0.15) is 5.82 Å². The summed E-state index contributed by atoms with van der Waals surface area (Å²) in [6.45, 7) is 6.68. The number of aromatic nitrogens is 2. The van der Waals surface area contributed by atoms with E-state index in [0.29, 0.717) is 22.6 Å². The zero-order chi connectivity index (χ0) is 14.5. The van der Waals surface area contributed by atoms with E-state index in [0.717, 1.165) is 11.1 Å². The molecule has 0 saturated heterocycles. The lowest BCUT2D eigenvalue weighted by molar-refractivity contribution is 0.564. The second-order valence-corrected chi connectivity index (χ2v) is 5.89. The number of benzene rings is 1. The highest BCUT2D eigenvalue weighted by Gasteiger charge is 2.12. The Balaban J connectivity index is 2.23. The minimum Gasteiger partial charge on any atom is -0.310 e. The molecule has 0 saturated carbocycles. The van der Waals surface area contributed by atoms with Crippen molar-refractivity contribution in [1.29, 1.82) is 0 Å². The molecule has 0 aliphatic heterocycles. The quantitative estimate of drug-likeness (QED) is 0.855. The maximum atomic E-state index is 14.0. The van der Waals surface area contributed by atoms with Gasteiger partial charge >= 0.3 is 0 Å². The van der Waals surface area contributed by atoms with Gasteiger partial charge < -0.3 is 5.32 Å². The predicted molar refractivity (Wildman–Crippen MR) is 79.3 cm³/mol. The van der Waals surface area contributed by atoms with Crippen molar-refractivity contribution in [3.63, 3.8) is 0 Å². The van der Waals surface area contributed by atoms with Crippen LogP contribution in [-0.2, 0) is 6.54 Å². The number of hydrogen-bond acceptors (Lipinski definition) is 4. The maximum Gasteiger partial charge on any atom is 0.192 e. The van der Waals surface area contributed by atoms with Gasteiger partial charge in [-0.3, -0.25) is 0 Å². The molecule has 1 aromatic heterocycles. The van der Waals surface area contributed by atoms with Crippen molar-refractivity contribution in [2.45, 2.75) is 43.4 Å². The highest BCUT2D eigenvalue weighted by atomic mass is 32.2. The van der Waals surface area contributed by atoms with Crippen LogP contribution in [0.25, 0.3) is 0 Å². The van der Waals surface area contributed by atoms with Crippen molar-refractivity contribution in [2.24, 2.45) is 0 Å². The van der Waals surface area contributed by atoms with Crippen LogP contribution in [0.1, 0.15) is 25.0 Å². The molecular formula is C15H18FN3S. The van der Waals surface area contributed by atoms with E-state index in [-0.39, 0.29) is 5.82 Å². The highest BCUT2D eigenvalue weighted by molar-refractivity contribution is 7.99. The molecule has 0 bridgehead atoms. The average Bonchev–Trinajstić information content (AvgIpc) is 2.41. The summed E-state index contributed by atoms with van der Waals surface area (Å²) in [6.07, 6.45) is 3.48. The van der Waals surface area contributed by atoms with Gasteiger partial charge in [-0.15, -0.1) is 0 Å². The Morgan fingerprint density at radius 1 is 1.25 bits per heavy atom. The van der Waals surface area contributed by atoms with Crippen molar-refractivity contribution in [2.75, 3.05) is 0 Å². The molecule has 1 N–H and O–H groups in total. The van der Waals surface area contributed by atoms with Gasteiger partial charge in [0.2, 0.25) is 0 Å². The molecule has 0 fully saturated rings. The molecule has 2 rings (SSSR count). The molecule has 0 atom stereocenters. The number of hydrogen-bond donors (Lipinski definition) is 1.